The molecule has 0 atom stereocenters. The molecular weight excluding hydrogens is 389 g/mol. The summed E-state index contributed by atoms with van der Waals surface area (Å²) in [6, 6.07) is 7.50. The van der Waals surface area contributed by atoms with Crippen LogP contribution in [0.15, 0.2) is 30.5 Å². The number of hydrogen-bond acceptors (Lipinski definition) is 2. The number of nitrogens with two attached hydrogens (primary N) is 1. The number of halogens is 2. The van der Waals surface area contributed by atoms with Crippen molar-refractivity contribution in [2.75, 3.05) is 11.1 Å². The Labute approximate surface area is 135 Å². The highest BCUT2D eigenvalue weighted by molar-refractivity contribution is 14.1. The molecule has 0 radical (unpaired) electrons. The highest BCUT2D eigenvalue weighted by Gasteiger charge is 2.27. The van der Waals surface area contributed by atoms with E-state index in [1.807, 2.05) is 16.8 Å². The Morgan fingerprint density at radius 2 is 2.15 bits per heavy atom. The summed E-state index contributed by atoms with van der Waals surface area (Å²) in [7, 11) is 0. The highest BCUT2D eigenvalue weighted by Crippen LogP contribution is 2.37. The lowest BCUT2D eigenvalue weighted by molar-refractivity contribution is 0.101. The quantitative estimate of drug-likeness (QED) is 0.766. The normalized spacial score (nSPS) is 14.3. The minimum absolute atomic E-state index is 0.145. The van der Waals surface area contributed by atoms with Crippen LogP contribution in [0, 0.1) is 3.57 Å². The molecule has 3 N–H and O–H groups in total. The fourth-order valence-electron chi connectivity index (χ4n) is 2.11. The van der Waals surface area contributed by atoms with E-state index in [4.69, 9.17) is 17.3 Å². The van der Waals surface area contributed by atoms with E-state index >= 15 is 0 Å². The maximum Gasteiger partial charge on any atom is 0.272 e. The average molecular weight is 402 g/mol. The van der Waals surface area contributed by atoms with Gasteiger partial charge in [-0.1, -0.05) is 11.6 Å². The van der Waals surface area contributed by atoms with Crippen molar-refractivity contribution in [3.8, 4) is 0 Å². The molecule has 0 aliphatic heterocycles. The maximum absolute atomic E-state index is 12.4. The molecule has 0 bridgehead atoms. The van der Waals surface area contributed by atoms with E-state index in [0.29, 0.717) is 22.4 Å². The Bertz CT molecular complexity index is 679. The lowest BCUT2D eigenvalue weighted by Crippen LogP contribution is -2.16. The van der Waals surface area contributed by atoms with Gasteiger partial charge in [0.25, 0.3) is 5.91 Å². The predicted octanol–water partition coefficient (Wildman–Crippen LogP) is 3.92. The van der Waals surface area contributed by atoms with Gasteiger partial charge in [0, 0.05) is 20.8 Å². The average Bonchev–Trinajstić information content (AvgIpc) is 3.16. The van der Waals surface area contributed by atoms with E-state index in [-0.39, 0.29) is 5.91 Å². The van der Waals surface area contributed by atoms with Gasteiger partial charge in [0.05, 0.1) is 11.4 Å². The molecule has 1 heterocycles. The first-order valence-electron chi connectivity index (χ1n) is 6.28. The molecule has 0 saturated heterocycles. The minimum Gasteiger partial charge on any atom is -0.397 e. The molecule has 2 aromatic rings. The van der Waals surface area contributed by atoms with Crippen LogP contribution in [-0.4, -0.2) is 10.5 Å². The Hall–Kier alpha value is -1.21. The van der Waals surface area contributed by atoms with Crippen LogP contribution in [0.3, 0.4) is 0 Å². The third-order valence-electron chi connectivity index (χ3n) is 3.22. The highest BCUT2D eigenvalue weighted by atomic mass is 127. The van der Waals surface area contributed by atoms with Crippen LogP contribution in [0.5, 0.6) is 0 Å². The van der Waals surface area contributed by atoms with Crippen LogP contribution in [0.25, 0.3) is 0 Å². The molecule has 4 nitrogen and oxygen atoms in total. The van der Waals surface area contributed by atoms with Crippen molar-refractivity contribution in [3.63, 3.8) is 0 Å². The Balaban J connectivity index is 1.86. The van der Waals surface area contributed by atoms with Gasteiger partial charge in [-0.3, -0.25) is 4.79 Å². The van der Waals surface area contributed by atoms with Crippen molar-refractivity contribution < 1.29 is 4.79 Å². The van der Waals surface area contributed by atoms with Gasteiger partial charge in [0.2, 0.25) is 0 Å². The van der Waals surface area contributed by atoms with E-state index in [9.17, 15) is 4.79 Å². The molecule has 3 rings (SSSR count). The lowest BCUT2D eigenvalue weighted by atomic mass is 10.3. The molecule has 0 unspecified atom stereocenters. The van der Waals surface area contributed by atoms with Crippen LogP contribution < -0.4 is 11.1 Å². The summed E-state index contributed by atoms with van der Waals surface area (Å²) in [6.45, 7) is 0. The lowest BCUT2D eigenvalue weighted by Gasteiger charge is -2.10. The minimum atomic E-state index is -0.145. The first kappa shape index (κ1) is 13.8. The van der Waals surface area contributed by atoms with Crippen molar-refractivity contribution in [1.29, 1.82) is 0 Å². The zero-order valence-electron chi connectivity index (χ0n) is 10.6. The number of nitrogens with one attached hydrogen (secondary N) is 1. The van der Waals surface area contributed by atoms with Crippen molar-refractivity contribution >= 4 is 51.5 Å². The Kier molecular flexibility index (Phi) is 3.64. The van der Waals surface area contributed by atoms with Crippen molar-refractivity contribution in [2.24, 2.45) is 0 Å². The topological polar surface area (TPSA) is 60.1 Å². The number of hydrogen-bond donors (Lipinski definition) is 2. The first-order chi connectivity index (χ1) is 9.54. The molecule has 20 heavy (non-hydrogen) atoms. The molecule has 1 aliphatic rings. The van der Waals surface area contributed by atoms with Gasteiger partial charge in [-0.15, -0.1) is 0 Å². The largest absolute Gasteiger partial charge is 0.397 e. The summed E-state index contributed by atoms with van der Waals surface area (Å²) in [5.41, 5.74) is 7.78. The number of nitrogen functional groups attached to an aromatic ring is 1. The van der Waals surface area contributed by atoms with Crippen molar-refractivity contribution in [3.05, 3.63) is 44.7 Å². The number of nitrogens with zero attached hydrogens (tertiary/aromatic N) is 1. The number of carbonyl (C=O) groups excluding carboxylic acids is 1. The molecule has 1 amide bonds. The molecule has 104 valence electrons. The molecule has 1 fully saturated rings. The third-order valence-corrected chi connectivity index (χ3v) is 4.35. The van der Waals surface area contributed by atoms with E-state index in [0.717, 1.165) is 22.1 Å². The van der Waals surface area contributed by atoms with Gasteiger partial charge in [-0.2, -0.15) is 0 Å². The Morgan fingerprint density at radius 3 is 2.80 bits per heavy atom. The predicted molar refractivity (Wildman–Crippen MR) is 89.2 cm³/mol. The Morgan fingerprint density at radius 1 is 1.40 bits per heavy atom. The summed E-state index contributed by atoms with van der Waals surface area (Å²) in [4.78, 5) is 12.4. The number of aromatic nitrogens is 1. The van der Waals surface area contributed by atoms with Crippen LogP contribution in [-0.2, 0) is 0 Å². The fraction of sp³-hybridized carbons (Fsp3) is 0.214. The number of rotatable bonds is 3. The first-order valence-corrected chi connectivity index (χ1v) is 7.74. The smallest absolute Gasteiger partial charge is 0.272 e. The number of anilines is 2. The third kappa shape index (κ3) is 2.78. The second-order valence-corrected chi connectivity index (χ2v) is 6.47. The SMILES string of the molecule is Nc1cc(C(=O)Nc2ccc(Cl)cc2I)n(C2CC2)c1. The molecular formula is C14H13ClIN3O. The number of amides is 1. The van der Waals surface area contributed by atoms with E-state index in [1.54, 1.807) is 18.2 Å². The molecule has 1 saturated carbocycles. The molecule has 1 aromatic carbocycles. The number of carbonyl (C=O) groups is 1. The molecule has 6 heteroatoms. The summed E-state index contributed by atoms with van der Waals surface area (Å²) >= 11 is 8.06. The zero-order valence-corrected chi connectivity index (χ0v) is 13.5. The monoisotopic (exact) mass is 401 g/mol. The van der Waals surface area contributed by atoms with Crippen LogP contribution >= 0.6 is 34.2 Å². The number of benzene rings is 1. The summed E-state index contributed by atoms with van der Waals surface area (Å²) in [6.07, 6.45) is 4.04. The van der Waals surface area contributed by atoms with Gasteiger partial charge in [0.15, 0.2) is 0 Å². The van der Waals surface area contributed by atoms with E-state index in [1.165, 1.54) is 0 Å². The van der Waals surface area contributed by atoms with Crippen LogP contribution in [0.2, 0.25) is 5.02 Å². The summed E-state index contributed by atoms with van der Waals surface area (Å²) < 4.78 is 2.87. The molecule has 0 spiro atoms. The molecule has 1 aromatic heterocycles. The van der Waals surface area contributed by atoms with Gasteiger partial charge >= 0.3 is 0 Å². The van der Waals surface area contributed by atoms with Gasteiger partial charge in [-0.25, -0.2) is 0 Å². The van der Waals surface area contributed by atoms with E-state index < -0.39 is 0 Å². The van der Waals surface area contributed by atoms with Gasteiger partial charge < -0.3 is 15.6 Å². The summed E-state index contributed by atoms with van der Waals surface area (Å²) in [5, 5.41) is 3.56. The van der Waals surface area contributed by atoms with Gasteiger partial charge in [0.1, 0.15) is 5.69 Å². The van der Waals surface area contributed by atoms with Gasteiger partial charge in [-0.05, 0) is 59.7 Å². The second kappa shape index (κ2) is 5.29. The van der Waals surface area contributed by atoms with E-state index in [2.05, 4.69) is 27.9 Å². The zero-order chi connectivity index (χ0) is 14.3. The van der Waals surface area contributed by atoms with Crippen LogP contribution in [0.4, 0.5) is 11.4 Å². The van der Waals surface area contributed by atoms with Crippen molar-refractivity contribution in [2.45, 2.75) is 18.9 Å². The maximum atomic E-state index is 12.4. The second-order valence-electron chi connectivity index (χ2n) is 4.88. The van der Waals surface area contributed by atoms with Crippen molar-refractivity contribution in [1.82, 2.24) is 4.57 Å². The standard InChI is InChI=1S/C14H13ClIN3O/c15-8-1-4-12(11(16)5-8)18-14(20)13-6-9(17)7-19(13)10-2-3-10/h1,4-7,10H,2-3,17H2,(H,18,20). The van der Waals surface area contributed by atoms with Crippen LogP contribution in [0.1, 0.15) is 29.4 Å². The molecule has 1 aliphatic carbocycles. The summed E-state index contributed by atoms with van der Waals surface area (Å²) in [5.74, 6) is -0.145. The fourth-order valence-corrected chi connectivity index (χ4v) is 3.12.